The van der Waals surface area contributed by atoms with Gasteiger partial charge >= 0.3 is 0 Å². The van der Waals surface area contributed by atoms with Crippen molar-refractivity contribution in [1.29, 1.82) is 0 Å². The van der Waals surface area contributed by atoms with E-state index in [4.69, 9.17) is 21.4 Å². The Morgan fingerprint density at radius 2 is 1.90 bits per heavy atom. The number of benzene rings is 1. The maximum atomic E-state index is 5.86. The molecule has 0 radical (unpaired) electrons. The molecule has 3 rings (SSSR count). The van der Waals surface area contributed by atoms with Gasteiger partial charge in [0, 0.05) is 23.7 Å². The molecule has 0 bridgehead atoms. The van der Waals surface area contributed by atoms with Crippen LogP contribution in [-0.4, -0.2) is 34.2 Å². The van der Waals surface area contributed by atoms with Gasteiger partial charge in [0.1, 0.15) is 11.5 Å². The highest BCUT2D eigenvalue weighted by Crippen LogP contribution is 2.29. The third kappa shape index (κ3) is 6.21. The third-order valence-corrected chi connectivity index (χ3v) is 5.62. The Morgan fingerprint density at radius 3 is 2.52 bits per heavy atom. The first kappa shape index (κ1) is 21.7. The van der Waals surface area contributed by atoms with Crippen molar-refractivity contribution in [3.05, 3.63) is 54.0 Å². The number of nitrogens with zero attached hydrogens (tertiary/aromatic N) is 1. The quantitative estimate of drug-likeness (QED) is 0.679. The fourth-order valence-electron chi connectivity index (χ4n) is 4.47. The lowest BCUT2D eigenvalue weighted by Gasteiger charge is -2.47. The van der Waals surface area contributed by atoms with E-state index in [1.165, 1.54) is 0 Å². The van der Waals surface area contributed by atoms with Crippen molar-refractivity contribution in [2.75, 3.05) is 7.11 Å². The number of methoxy groups -OCH3 is 1. The van der Waals surface area contributed by atoms with Crippen molar-refractivity contribution < 1.29 is 9.15 Å². The zero-order valence-electron chi connectivity index (χ0n) is 18.1. The van der Waals surface area contributed by atoms with Crippen molar-refractivity contribution in [3.8, 4) is 5.75 Å². The maximum absolute atomic E-state index is 5.86. The molecular weight excluding hydrogens is 382 g/mol. The lowest BCUT2D eigenvalue weighted by Crippen LogP contribution is -2.62. The number of hydrogen-bond acceptors (Lipinski definition) is 4. The summed E-state index contributed by atoms with van der Waals surface area (Å²) in [5, 5.41) is 8.12. The fraction of sp³-hybridized carbons (Fsp3) is 0.522. The van der Waals surface area contributed by atoms with Crippen LogP contribution in [0.3, 0.4) is 0 Å². The first-order valence-electron chi connectivity index (χ1n) is 10.2. The summed E-state index contributed by atoms with van der Waals surface area (Å²) in [6, 6.07) is 12.3. The number of hydrogen-bond donors (Lipinski definition) is 2. The number of thiocarbonyl (C=S) groups is 1. The second-order valence-corrected chi connectivity index (χ2v) is 9.62. The van der Waals surface area contributed by atoms with Crippen LogP contribution in [0.25, 0.3) is 0 Å². The molecule has 6 heteroatoms. The van der Waals surface area contributed by atoms with Gasteiger partial charge in [-0.1, -0.05) is 12.1 Å². The van der Waals surface area contributed by atoms with E-state index in [2.05, 4.69) is 55.4 Å². The standard InChI is InChI=1S/C23H33N3O2S/c1-22(2)13-18(14-23(3,4)25-22)24-21(29)26(16-20-10-7-11-28-20)15-17-8-6-9-19(12-17)27-5/h6-12,18,25H,13-16H2,1-5H3,(H,24,29). The number of ether oxygens (including phenoxy) is 1. The molecule has 1 aliphatic heterocycles. The Morgan fingerprint density at radius 1 is 1.17 bits per heavy atom. The molecule has 1 fully saturated rings. The lowest BCUT2D eigenvalue weighted by molar-refractivity contribution is 0.153. The minimum Gasteiger partial charge on any atom is -0.497 e. The summed E-state index contributed by atoms with van der Waals surface area (Å²) >= 11 is 5.86. The van der Waals surface area contributed by atoms with E-state index in [0.717, 1.165) is 35.0 Å². The molecule has 0 aliphatic carbocycles. The number of furan rings is 1. The second kappa shape index (κ2) is 8.76. The lowest BCUT2D eigenvalue weighted by atomic mass is 9.80. The Labute approximate surface area is 179 Å². The van der Waals surface area contributed by atoms with Gasteiger partial charge in [0.05, 0.1) is 19.9 Å². The molecule has 158 valence electrons. The van der Waals surface area contributed by atoms with E-state index >= 15 is 0 Å². The van der Waals surface area contributed by atoms with Crippen LogP contribution in [0.2, 0.25) is 0 Å². The van der Waals surface area contributed by atoms with Crippen LogP contribution in [-0.2, 0) is 13.1 Å². The second-order valence-electron chi connectivity index (χ2n) is 9.23. The molecule has 0 spiro atoms. The highest BCUT2D eigenvalue weighted by molar-refractivity contribution is 7.80. The summed E-state index contributed by atoms with van der Waals surface area (Å²) in [6.07, 6.45) is 3.74. The van der Waals surface area contributed by atoms with Crippen molar-refractivity contribution in [2.24, 2.45) is 0 Å². The molecule has 0 amide bonds. The Kier molecular flexibility index (Phi) is 6.54. The van der Waals surface area contributed by atoms with E-state index in [0.29, 0.717) is 19.1 Å². The molecule has 29 heavy (non-hydrogen) atoms. The molecule has 0 unspecified atom stereocenters. The fourth-order valence-corrected chi connectivity index (χ4v) is 4.77. The van der Waals surface area contributed by atoms with E-state index in [1.807, 2.05) is 24.3 Å². The van der Waals surface area contributed by atoms with Crippen LogP contribution in [0.4, 0.5) is 0 Å². The summed E-state index contributed by atoms with van der Waals surface area (Å²) in [6.45, 7) is 10.3. The van der Waals surface area contributed by atoms with Crippen molar-refractivity contribution >= 4 is 17.3 Å². The zero-order chi connectivity index (χ0) is 21.1. The molecule has 1 aliphatic rings. The third-order valence-electron chi connectivity index (χ3n) is 5.24. The van der Waals surface area contributed by atoms with Gasteiger partial charge in [-0.3, -0.25) is 0 Å². The predicted octanol–water partition coefficient (Wildman–Crippen LogP) is 4.47. The monoisotopic (exact) mass is 415 g/mol. The van der Waals surface area contributed by atoms with E-state index in [-0.39, 0.29) is 11.1 Å². The first-order valence-corrected chi connectivity index (χ1v) is 10.6. The summed E-state index contributed by atoms with van der Waals surface area (Å²) < 4.78 is 11.0. The normalized spacial score (nSPS) is 18.2. The number of piperidine rings is 1. The smallest absolute Gasteiger partial charge is 0.169 e. The Balaban J connectivity index is 1.75. The zero-order valence-corrected chi connectivity index (χ0v) is 18.9. The molecule has 1 aromatic carbocycles. The molecular formula is C23H33N3O2S. The molecule has 0 atom stereocenters. The van der Waals surface area contributed by atoms with Crippen LogP contribution in [0, 0.1) is 0 Å². The van der Waals surface area contributed by atoms with E-state index in [9.17, 15) is 0 Å². The average Bonchev–Trinajstić information content (AvgIpc) is 3.11. The highest BCUT2D eigenvalue weighted by Gasteiger charge is 2.38. The summed E-state index contributed by atoms with van der Waals surface area (Å²) in [4.78, 5) is 2.16. The van der Waals surface area contributed by atoms with Gasteiger partial charge in [0.25, 0.3) is 0 Å². The summed E-state index contributed by atoms with van der Waals surface area (Å²) in [7, 11) is 1.69. The number of rotatable bonds is 6. The summed E-state index contributed by atoms with van der Waals surface area (Å²) in [5.41, 5.74) is 1.27. The van der Waals surface area contributed by atoms with Gasteiger partial charge in [-0.15, -0.1) is 0 Å². The number of nitrogens with one attached hydrogen (secondary N) is 2. The molecule has 2 aromatic rings. The summed E-state index contributed by atoms with van der Waals surface area (Å²) in [5.74, 6) is 1.74. The minimum absolute atomic E-state index is 0.0632. The Bertz CT molecular complexity index is 801. The van der Waals surface area contributed by atoms with Crippen molar-refractivity contribution in [2.45, 2.75) is 70.7 Å². The maximum Gasteiger partial charge on any atom is 0.169 e. The van der Waals surface area contributed by atoms with Gasteiger partial charge in [0.15, 0.2) is 5.11 Å². The topological polar surface area (TPSA) is 49.7 Å². The van der Waals surface area contributed by atoms with E-state index < -0.39 is 0 Å². The van der Waals surface area contributed by atoms with Crippen molar-refractivity contribution in [1.82, 2.24) is 15.5 Å². The predicted molar refractivity (Wildman–Crippen MR) is 121 cm³/mol. The van der Waals surface area contributed by atoms with Crippen LogP contribution in [0.1, 0.15) is 51.9 Å². The van der Waals surface area contributed by atoms with Crippen LogP contribution in [0.15, 0.2) is 47.1 Å². The molecule has 2 N–H and O–H groups in total. The Hall–Kier alpha value is -2.05. The molecule has 1 aromatic heterocycles. The van der Waals surface area contributed by atoms with Crippen LogP contribution >= 0.6 is 12.2 Å². The highest BCUT2D eigenvalue weighted by atomic mass is 32.1. The van der Waals surface area contributed by atoms with Gasteiger partial charge in [-0.2, -0.15) is 0 Å². The molecule has 2 heterocycles. The van der Waals surface area contributed by atoms with Crippen LogP contribution < -0.4 is 15.4 Å². The van der Waals surface area contributed by atoms with Gasteiger partial charge < -0.3 is 24.7 Å². The average molecular weight is 416 g/mol. The SMILES string of the molecule is COc1cccc(CN(Cc2ccco2)C(=S)NC2CC(C)(C)NC(C)(C)C2)c1. The molecule has 0 saturated carbocycles. The van der Waals surface area contributed by atoms with Gasteiger partial charge in [-0.05, 0) is 82.6 Å². The minimum atomic E-state index is 0.0632. The molecule has 5 nitrogen and oxygen atoms in total. The van der Waals surface area contributed by atoms with E-state index in [1.54, 1.807) is 13.4 Å². The molecule has 1 saturated heterocycles. The van der Waals surface area contributed by atoms with Crippen molar-refractivity contribution in [3.63, 3.8) is 0 Å². The first-order chi connectivity index (χ1) is 13.7. The largest absolute Gasteiger partial charge is 0.497 e. The van der Waals surface area contributed by atoms with Gasteiger partial charge in [0.2, 0.25) is 0 Å². The van der Waals surface area contributed by atoms with Gasteiger partial charge in [-0.25, -0.2) is 0 Å². The van der Waals surface area contributed by atoms with Crippen LogP contribution in [0.5, 0.6) is 5.75 Å².